The van der Waals surface area contributed by atoms with E-state index in [0.29, 0.717) is 17.0 Å². The van der Waals surface area contributed by atoms with Crippen molar-refractivity contribution in [1.82, 2.24) is 0 Å². The molecule has 1 atom stereocenters. The van der Waals surface area contributed by atoms with Crippen LogP contribution in [-0.4, -0.2) is 5.11 Å². The highest BCUT2D eigenvalue weighted by molar-refractivity contribution is 6.30. The standard InChI is InChI=1S/C11H14ClNO.ClH/c1-3-4-10(13)9-6-8(12)5-7(2)11(9)14;/h3,5-6,10,14H,1,4,13H2,2H3;1H/t10-;/m0./s1. The van der Waals surface area contributed by atoms with Crippen LogP contribution >= 0.6 is 24.0 Å². The highest BCUT2D eigenvalue weighted by Crippen LogP contribution is 2.31. The Balaban J connectivity index is 0.00000196. The molecule has 0 heterocycles. The molecule has 0 bridgehead atoms. The first-order chi connectivity index (χ1) is 6.56. The third-order valence-electron chi connectivity index (χ3n) is 2.11. The number of nitrogens with two attached hydrogens (primary N) is 1. The summed E-state index contributed by atoms with van der Waals surface area (Å²) < 4.78 is 0. The molecule has 0 radical (unpaired) electrons. The molecule has 1 aromatic rings. The molecule has 0 amide bonds. The quantitative estimate of drug-likeness (QED) is 0.805. The van der Waals surface area contributed by atoms with Crippen LogP contribution in [0.15, 0.2) is 24.8 Å². The van der Waals surface area contributed by atoms with Crippen molar-refractivity contribution in [2.24, 2.45) is 5.73 Å². The van der Waals surface area contributed by atoms with E-state index in [2.05, 4.69) is 6.58 Å². The minimum absolute atomic E-state index is 0. The first-order valence-electron chi connectivity index (χ1n) is 4.41. The van der Waals surface area contributed by atoms with Gasteiger partial charge < -0.3 is 10.8 Å². The number of benzene rings is 1. The summed E-state index contributed by atoms with van der Waals surface area (Å²) in [5, 5.41) is 10.3. The Morgan fingerprint density at radius 2 is 2.20 bits per heavy atom. The second-order valence-corrected chi connectivity index (χ2v) is 3.73. The fraction of sp³-hybridized carbons (Fsp3) is 0.273. The van der Waals surface area contributed by atoms with E-state index in [0.717, 1.165) is 5.56 Å². The van der Waals surface area contributed by atoms with E-state index in [1.165, 1.54) is 0 Å². The molecule has 0 aliphatic heterocycles. The summed E-state index contributed by atoms with van der Waals surface area (Å²) in [6.45, 7) is 5.40. The van der Waals surface area contributed by atoms with E-state index < -0.39 is 0 Å². The number of aryl methyl sites for hydroxylation is 1. The van der Waals surface area contributed by atoms with Crippen LogP contribution in [0.2, 0.25) is 5.02 Å². The van der Waals surface area contributed by atoms with Crippen molar-refractivity contribution in [3.8, 4) is 5.75 Å². The molecule has 4 heteroatoms. The van der Waals surface area contributed by atoms with E-state index >= 15 is 0 Å². The van der Waals surface area contributed by atoms with Crippen LogP contribution in [0.25, 0.3) is 0 Å². The van der Waals surface area contributed by atoms with Crippen LogP contribution in [-0.2, 0) is 0 Å². The van der Waals surface area contributed by atoms with E-state index in [-0.39, 0.29) is 24.2 Å². The highest BCUT2D eigenvalue weighted by Gasteiger charge is 2.12. The van der Waals surface area contributed by atoms with Crippen molar-refractivity contribution in [3.05, 3.63) is 40.9 Å². The lowest BCUT2D eigenvalue weighted by Crippen LogP contribution is -2.09. The summed E-state index contributed by atoms with van der Waals surface area (Å²) >= 11 is 5.87. The zero-order valence-corrected chi connectivity index (χ0v) is 10.1. The first-order valence-corrected chi connectivity index (χ1v) is 4.79. The van der Waals surface area contributed by atoms with Gasteiger partial charge in [-0.1, -0.05) is 17.7 Å². The molecule has 0 unspecified atom stereocenters. The Morgan fingerprint density at radius 3 is 2.73 bits per heavy atom. The lowest BCUT2D eigenvalue weighted by Gasteiger charge is -2.13. The van der Waals surface area contributed by atoms with Gasteiger partial charge in [-0.05, 0) is 31.0 Å². The number of halogens is 2. The van der Waals surface area contributed by atoms with Crippen molar-refractivity contribution >= 4 is 24.0 Å². The van der Waals surface area contributed by atoms with E-state index in [1.54, 1.807) is 25.1 Å². The van der Waals surface area contributed by atoms with Crippen molar-refractivity contribution in [2.75, 3.05) is 0 Å². The second-order valence-electron chi connectivity index (χ2n) is 3.29. The maximum absolute atomic E-state index is 9.75. The smallest absolute Gasteiger partial charge is 0.123 e. The third kappa shape index (κ3) is 3.42. The number of phenols is 1. The average molecular weight is 248 g/mol. The van der Waals surface area contributed by atoms with Crippen LogP contribution in [0.3, 0.4) is 0 Å². The molecule has 1 aromatic carbocycles. The van der Waals surface area contributed by atoms with Crippen molar-refractivity contribution in [2.45, 2.75) is 19.4 Å². The zero-order valence-electron chi connectivity index (χ0n) is 8.53. The zero-order chi connectivity index (χ0) is 10.7. The van der Waals surface area contributed by atoms with Crippen molar-refractivity contribution in [1.29, 1.82) is 0 Å². The van der Waals surface area contributed by atoms with Crippen LogP contribution in [0.1, 0.15) is 23.6 Å². The molecule has 0 aliphatic rings. The minimum atomic E-state index is -0.245. The summed E-state index contributed by atoms with van der Waals surface area (Å²) in [5.74, 6) is 0.226. The normalized spacial score (nSPS) is 11.7. The molecular weight excluding hydrogens is 233 g/mol. The van der Waals surface area contributed by atoms with E-state index in [9.17, 15) is 5.11 Å². The lowest BCUT2D eigenvalue weighted by molar-refractivity contribution is 0.457. The maximum Gasteiger partial charge on any atom is 0.123 e. The molecule has 0 saturated heterocycles. The Morgan fingerprint density at radius 1 is 1.60 bits per heavy atom. The van der Waals surface area contributed by atoms with Gasteiger partial charge in [0.2, 0.25) is 0 Å². The van der Waals surface area contributed by atoms with Crippen LogP contribution in [0.4, 0.5) is 0 Å². The first kappa shape index (κ1) is 14.3. The molecule has 0 aromatic heterocycles. The van der Waals surface area contributed by atoms with Gasteiger partial charge in [0.1, 0.15) is 5.75 Å². The molecule has 0 fully saturated rings. The molecule has 0 spiro atoms. The number of hydrogen-bond donors (Lipinski definition) is 2. The van der Waals surface area contributed by atoms with Crippen molar-refractivity contribution in [3.63, 3.8) is 0 Å². The average Bonchev–Trinajstić information content (AvgIpc) is 2.11. The Labute approximate surface area is 101 Å². The van der Waals surface area contributed by atoms with Gasteiger partial charge in [-0.3, -0.25) is 0 Å². The number of rotatable bonds is 3. The van der Waals surface area contributed by atoms with E-state index in [1.807, 2.05) is 0 Å². The Kier molecular flexibility index (Phi) is 5.73. The number of aromatic hydroxyl groups is 1. The minimum Gasteiger partial charge on any atom is -0.507 e. The molecule has 84 valence electrons. The molecule has 0 saturated carbocycles. The van der Waals surface area contributed by atoms with Crippen molar-refractivity contribution < 1.29 is 5.11 Å². The predicted molar refractivity (Wildman–Crippen MR) is 66.8 cm³/mol. The molecule has 2 nitrogen and oxygen atoms in total. The molecule has 1 rings (SSSR count). The summed E-state index contributed by atoms with van der Waals surface area (Å²) in [5.41, 5.74) is 7.27. The lowest BCUT2D eigenvalue weighted by atomic mass is 10.0. The highest BCUT2D eigenvalue weighted by atomic mass is 35.5. The summed E-state index contributed by atoms with van der Waals surface area (Å²) in [4.78, 5) is 0. The predicted octanol–water partition coefficient (Wildman–Crippen LogP) is 3.35. The van der Waals surface area contributed by atoms with Gasteiger partial charge >= 0.3 is 0 Å². The fourth-order valence-corrected chi connectivity index (χ4v) is 1.63. The monoisotopic (exact) mass is 247 g/mol. The van der Waals surface area contributed by atoms with Gasteiger partial charge in [-0.2, -0.15) is 0 Å². The van der Waals surface area contributed by atoms with Gasteiger partial charge in [-0.25, -0.2) is 0 Å². The van der Waals surface area contributed by atoms with Gasteiger partial charge in [0, 0.05) is 16.6 Å². The third-order valence-corrected chi connectivity index (χ3v) is 2.33. The van der Waals surface area contributed by atoms with Gasteiger partial charge in [-0.15, -0.1) is 19.0 Å². The SMILES string of the molecule is C=CC[C@H](N)c1cc(Cl)cc(C)c1O.Cl. The topological polar surface area (TPSA) is 46.2 Å². The van der Waals surface area contributed by atoms with Crippen LogP contribution in [0, 0.1) is 6.92 Å². The van der Waals surface area contributed by atoms with Crippen LogP contribution < -0.4 is 5.73 Å². The van der Waals surface area contributed by atoms with Gasteiger partial charge in [0.05, 0.1) is 0 Å². The van der Waals surface area contributed by atoms with Gasteiger partial charge in [0.15, 0.2) is 0 Å². The Hall–Kier alpha value is -0.700. The molecule has 15 heavy (non-hydrogen) atoms. The summed E-state index contributed by atoms with van der Waals surface area (Å²) in [7, 11) is 0. The number of hydrogen-bond acceptors (Lipinski definition) is 2. The summed E-state index contributed by atoms with van der Waals surface area (Å²) in [6, 6.07) is 3.16. The molecule has 3 N–H and O–H groups in total. The molecule has 0 aliphatic carbocycles. The fourth-order valence-electron chi connectivity index (χ4n) is 1.35. The molecular formula is C11H15Cl2NO. The van der Waals surface area contributed by atoms with Crippen LogP contribution in [0.5, 0.6) is 5.75 Å². The van der Waals surface area contributed by atoms with Gasteiger partial charge in [0.25, 0.3) is 0 Å². The number of phenolic OH excluding ortho intramolecular Hbond substituents is 1. The second kappa shape index (κ2) is 6.01. The largest absolute Gasteiger partial charge is 0.507 e. The maximum atomic E-state index is 9.75. The van der Waals surface area contributed by atoms with E-state index in [4.69, 9.17) is 17.3 Å². The Bertz CT molecular complexity index is 353. The summed E-state index contributed by atoms with van der Waals surface area (Å²) in [6.07, 6.45) is 2.34.